The smallest absolute Gasteiger partial charge is 0.321 e. The van der Waals surface area contributed by atoms with Crippen molar-refractivity contribution in [3.05, 3.63) is 24.0 Å². The van der Waals surface area contributed by atoms with Gasteiger partial charge in [-0.25, -0.2) is 22.3 Å². The molecule has 0 aliphatic carbocycles. The second kappa shape index (κ2) is 7.38. The lowest BCUT2D eigenvalue weighted by atomic mass is 10.2. The summed E-state index contributed by atoms with van der Waals surface area (Å²) in [5, 5.41) is 11.2. The predicted molar refractivity (Wildman–Crippen MR) is 81.1 cm³/mol. The number of carbonyl (C=O) groups is 2. The monoisotopic (exact) mass is 347 g/mol. The average molecular weight is 347 g/mol. The van der Waals surface area contributed by atoms with E-state index < -0.39 is 38.7 Å². The van der Waals surface area contributed by atoms with Crippen molar-refractivity contribution in [1.82, 2.24) is 9.62 Å². The van der Waals surface area contributed by atoms with E-state index in [1.807, 2.05) is 4.72 Å². The topological polar surface area (TPSA) is 116 Å². The number of aliphatic carboxylic acids is 1. The van der Waals surface area contributed by atoms with E-state index in [2.05, 4.69) is 5.32 Å². The Labute approximate surface area is 133 Å². The number of carbonyl (C=O) groups excluding carboxylic acids is 1. The summed E-state index contributed by atoms with van der Waals surface area (Å²) in [5.74, 6) is -2.77. The van der Waals surface area contributed by atoms with Crippen LogP contribution in [0.4, 0.5) is 14.9 Å². The summed E-state index contributed by atoms with van der Waals surface area (Å²) >= 11 is 0. The number of anilines is 1. The molecule has 1 atom stereocenters. The minimum absolute atomic E-state index is 0.0377. The van der Waals surface area contributed by atoms with E-state index in [1.165, 1.54) is 20.0 Å². The summed E-state index contributed by atoms with van der Waals surface area (Å²) in [6.45, 7) is 1.41. The number of benzene rings is 1. The number of carboxylic acid groups (broad SMARTS) is 1. The molecule has 1 aromatic carbocycles. The molecule has 0 aliphatic heterocycles. The van der Waals surface area contributed by atoms with Crippen molar-refractivity contribution in [3.8, 4) is 0 Å². The van der Waals surface area contributed by atoms with E-state index in [4.69, 9.17) is 5.11 Å². The van der Waals surface area contributed by atoms with E-state index in [0.717, 1.165) is 24.1 Å². The second-order valence-electron chi connectivity index (χ2n) is 4.90. The Balaban J connectivity index is 2.91. The maximum Gasteiger partial charge on any atom is 0.321 e. The lowest BCUT2D eigenvalue weighted by Crippen LogP contribution is -2.36. The van der Waals surface area contributed by atoms with Crippen molar-refractivity contribution in [1.29, 1.82) is 0 Å². The molecule has 2 amide bonds. The summed E-state index contributed by atoms with van der Waals surface area (Å²) in [7, 11) is -1.47. The fourth-order valence-electron chi connectivity index (χ4n) is 1.69. The second-order valence-corrected chi connectivity index (χ2v) is 6.76. The van der Waals surface area contributed by atoms with Gasteiger partial charge in [0.15, 0.2) is 0 Å². The van der Waals surface area contributed by atoms with Gasteiger partial charge in [0.25, 0.3) is 0 Å². The number of sulfonamides is 1. The Hall–Kier alpha value is -2.20. The number of carboxylic acids is 1. The highest BCUT2D eigenvalue weighted by Gasteiger charge is 2.20. The zero-order chi connectivity index (χ0) is 17.8. The first-order chi connectivity index (χ1) is 10.6. The van der Waals surface area contributed by atoms with Crippen molar-refractivity contribution in [3.63, 3.8) is 0 Å². The molecule has 3 N–H and O–H groups in total. The number of amides is 2. The molecule has 0 fully saturated rings. The van der Waals surface area contributed by atoms with Crippen molar-refractivity contribution in [2.45, 2.75) is 11.8 Å². The van der Waals surface area contributed by atoms with Crippen LogP contribution in [-0.4, -0.2) is 51.1 Å². The van der Waals surface area contributed by atoms with E-state index in [0.29, 0.717) is 0 Å². The summed E-state index contributed by atoms with van der Waals surface area (Å²) < 4.78 is 38.9. The van der Waals surface area contributed by atoms with E-state index >= 15 is 0 Å². The third kappa shape index (κ3) is 4.89. The standard InChI is InChI=1S/C13H18FN3O5S/c1-8(12(18)19)7-17(3)13(20)16-9-4-5-10(14)11(6-9)23(21,22)15-2/h4-6,8,15H,7H2,1-3H3,(H,16,20)(H,18,19). The van der Waals surface area contributed by atoms with Crippen molar-refractivity contribution < 1.29 is 27.5 Å². The SMILES string of the molecule is CNS(=O)(=O)c1cc(NC(=O)N(C)CC(C)C(=O)O)ccc1F. The molecule has 0 saturated carbocycles. The number of nitrogens with one attached hydrogen (secondary N) is 2. The number of nitrogens with zero attached hydrogens (tertiary/aromatic N) is 1. The first kappa shape index (κ1) is 18.8. The molecule has 0 aromatic heterocycles. The Morgan fingerprint density at radius 3 is 2.52 bits per heavy atom. The minimum Gasteiger partial charge on any atom is -0.481 e. The third-order valence-corrected chi connectivity index (χ3v) is 4.49. The highest BCUT2D eigenvalue weighted by atomic mass is 32.2. The number of hydrogen-bond donors (Lipinski definition) is 3. The fraction of sp³-hybridized carbons (Fsp3) is 0.385. The van der Waals surface area contributed by atoms with Crippen LogP contribution in [0.2, 0.25) is 0 Å². The molecule has 1 unspecified atom stereocenters. The van der Waals surface area contributed by atoms with E-state index in [-0.39, 0.29) is 12.2 Å². The van der Waals surface area contributed by atoms with Gasteiger partial charge in [0.05, 0.1) is 5.92 Å². The lowest BCUT2D eigenvalue weighted by molar-refractivity contribution is -0.141. The highest BCUT2D eigenvalue weighted by Crippen LogP contribution is 2.19. The van der Waals surface area contributed by atoms with Gasteiger partial charge in [-0.1, -0.05) is 6.92 Å². The molecule has 8 nitrogen and oxygen atoms in total. The number of urea groups is 1. The van der Waals surface area contributed by atoms with E-state index in [9.17, 15) is 22.4 Å². The highest BCUT2D eigenvalue weighted by molar-refractivity contribution is 7.89. The van der Waals surface area contributed by atoms with Crippen LogP contribution >= 0.6 is 0 Å². The van der Waals surface area contributed by atoms with Gasteiger partial charge in [0, 0.05) is 19.3 Å². The molecule has 0 heterocycles. The Morgan fingerprint density at radius 1 is 1.39 bits per heavy atom. The van der Waals surface area contributed by atoms with Crippen LogP contribution < -0.4 is 10.0 Å². The molecule has 1 aromatic rings. The largest absolute Gasteiger partial charge is 0.481 e. The average Bonchev–Trinajstić information content (AvgIpc) is 2.48. The molecule has 0 bridgehead atoms. The summed E-state index contributed by atoms with van der Waals surface area (Å²) in [6, 6.07) is 2.46. The lowest BCUT2D eigenvalue weighted by Gasteiger charge is -2.20. The van der Waals surface area contributed by atoms with Gasteiger partial charge in [-0.05, 0) is 25.2 Å². The first-order valence-corrected chi connectivity index (χ1v) is 8.04. The van der Waals surface area contributed by atoms with Gasteiger partial charge in [-0.15, -0.1) is 0 Å². The normalized spacial score (nSPS) is 12.5. The van der Waals surface area contributed by atoms with E-state index in [1.54, 1.807) is 0 Å². The van der Waals surface area contributed by atoms with Gasteiger partial charge in [-0.2, -0.15) is 0 Å². The zero-order valence-electron chi connectivity index (χ0n) is 12.8. The quantitative estimate of drug-likeness (QED) is 0.708. The molecule has 0 radical (unpaired) electrons. The summed E-state index contributed by atoms with van der Waals surface area (Å²) in [6.07, 6.45) is 0. The minimum atomic E-state index is -4.01. The molecule has 1 rings (SSSR count). The Kier molecular flexibility index (Phi) is 6.05. The molecular weight excluding hydrogens is 329 g/mol. The fourth-order valence-corrected chi connectivity index (χ4v) is 2.51. The van der Waals surface area contributed by atoms with Crippen LogP contribution in [0, 0.1) is 11.7 Å². The zero-order valence-corrected chi connectivity index (χ0v) is 13.6. The van der Waals surface area contributed by atoms with Crippen LogP contribution in [0.5, 0.6) is 0 Å². The molecule has 10 heteroatoms. The van der Waals surface area contributed by atoms with Crippen LogP contribution in [0.1, 0.15) is 6.92 Å². The van der Waals surface area contributed by atoms with Gasteiger partial charge in [0.2, 0.25) is 10.0 Å². The van der Waals surface area contributed by atoms with Crippen LogP contribution in [0.15, 0.2) is 23.1 Å². The number of rotatable bonds is 6. The van der Waals surface area contributed by atoms with Crippen molar-refractivity contribution in [2.75, 3.05) is 26.0 Å². The maximum absolute atomic E-state index is 13.6. The number of halogens is 1. The van der Waals surface area contributed by atoms with Crippen molar-refractivity contribution >= 4 is 27.7 Å². The molecular formula is C13H18FN3O5S. The Morgan fingerprint density at radius 2 is 2.00 bits per heavy atom. The first-order valence-electron chi connectivity index (χ1n) is 6.56. The summed E-state index contributed by atoms with van der Waals surface area (Å²) in [4.78, 5) is 23.3. The predicted octanol–water partition coefficient (Wildman–Crippen LogP) is 0.918. The Bertz CT molecular complexity index is 708. The third-order valence-electron chi connectivity index (χ3n) is 3.06. The maximum atomic E-state index is 13.6. The van der Waals surface area contributed by atoms with Gasteiger partial charge in [-0.3, -0.25) is 4.79 Å². The number of hydrogen-bond acceptors (Lipinski definition) is 4. The van der Waals surface area contributed by atoms with Crippen LogP contribution in [-0.2, 0) is 14.8 Å². The molecule has 0 saturated heterocycles. The van der Waals surface area contributed by atoms with Gasteiger partial charge >= 0.3 is 12.0 Å². The van der Waals surface area contributed by atoms with Crippen molar-refractivity contribution in [2.24, 2.45) is 5.92 Å². The molecule has 0 aliphatic rings. The van der Waals surface area contributed by atoms with Crippen LogP contribution in [0.3, 0.4) is 0 Å². The van der Waals surface area contributed by atoms with Crippen LogP contribution in [0.25, 0.3) is 0 Å². The molecule has 23 heavy (non-hydrogen) atoms. The van der Waals surface area contributed by atoms with Gasteiger partial charge in [0.1, 0.15) is 10.7 Å². The summed E-state index contributed by atoms with van der Waals surface area (Å²) in [5.41, 5.74) is 0.0695. The molecule has 0 spiro atoms. The van der Waals surface area contributed by atoms with Gasteiger partial charge < -0.3 is 15.3 Å². The molecule has 128 valence electrons.